The van der Waals surface area contributed by atoms with E-state index in [1.165, 1.54) is 59.9 Å². The van der Waals surface area contributed by atoms with Crippen molar-refractivity contribution in [3.63, 3.8) is 0 Å². The lowest BCUT2D eigenvalue weighted by atomic mass is 9.53. The summed E-state index contributed by atoms with van der Waals surface area (Å²) in [6.07, 6.45) is 9.57. The lowest BCUT2D eigenvalue weighted by molar-refractivity contribution is -0.0157. The number of rotatable bonds is 5. The topological polar surface area (TPSA) is 61.4 Å². The summed E-state index contributed by atoms with van der Waals surface area (Å²) >= 11 is 1.78. The highest BCUT2D eigenvalue weighted by Gasteiger charge is 2.51. The Morgan fingerprint density at radius 3 is 2.26 bits per heavy atom. The molecule has 4 aliphatic carbocycles. The maximum Gasteiger partial charge on any atom is 0.317 e. The molecule has 0 radical (unpaired) electrons. The third kappa shape index (κ3) is 4.47. The van der Waals surface area contributed by atoms with Crippen LogP contribution in [-0.2, 0) is 12.8 Å². The molecule has 0 atom stereocenters. The fourth-order valence-corrected chi connectivity index (χ4v) is 9.25. The first-order valence-electron chi connectivity index (χ1n) is 14.6. The van der Waals surface area contributed by atoms with Gasteiger partial charge in [-0.1, -0.05) is 30.3 Å². The standard InChI is InChI=1S/C31H39N5OS/c1-20-21(2)38-29-27(20)28(32-26(33-29)9-8-22-6-4-3-5-7-22)35-10-12-36(13-11-35)30(37)34-31-17-23-14-24(18-31)16-25(15-23)19-31/h3-7,23-25H,8-19H2,1-2H3,(H,34,37). The number of carbonyl (C=O) groups excluding carboxylic acids is 1. The van der Waals surface area contributed by atoms with Crippen LogP contribution in [0.3, 0.4) is 0 Å². The van der Waals surface area contributed by atoms with Crippen LogP contribution in [0.2, 0.25) is 0 Å². The number of carbonyl (C=O) groups is 1. The third-order valence-electron chi connectivity index (χ3n) is 9.81. The van der Waals surface area contributed by atoms with Crippen molar-refractivity contribution in [3.8, 4) is 0 Å². The number of amides is 2. The first-order chi connectivity index (χ1) is 18.4. The van der Waals surface area contributed by atoms with Crippen molar-refractivity contribution in [1.29, 1.82) is 0 Å². The molecule has 5 aliphatic rings. The molecule has 1 aliphatic heterocycles. The number of piperazine rings is 1. The quantitative estimate of drug-likeness (QED) is 0.447. The van der Waals surface area contributed by atoms with Gasteiger partial charge in [0.25, 0.3) is 0 Å². The Balaban J connectivity index is 1.06. The molecule has 2 aromatic heterocycles. The lowest BCUT2D eigenvalue weighted by Gasteiger charge is -2.57. The minimum absolute atomic E-state index is 0.0702. The molecule has 1 saturated heterocycles. The summed E-state index contributed by atoms with van der Waals surface area (Å²) in [6.45, 7) is 7.48. The fourth-order valence-electron chi connectivity index (χ4n) is 8.20. The molecule has 1 N–H and O–H groups in total. The van der Waals surface area contributed by atoms with Crippen molar-refractivity contribution in [2.45, 2.75) is 70.8 Å². The average molecular weight is 530 g/mol. The van der Waals surface area contributed by atoms with E-state index < -0.39 is 0 Å². The number of benzene rings is 1. The molecular formula is C31H39N5OS. The van der Waals surface area contributed by atoms with Crippen molar-refractivity contribution in [3.05, 3.63) is 52.2 Å². The number of thiophene rings is 1. The van der Waals surface area contributed by atoms with Crippen molar-refractivity contribution in [1.82, 2.24) is 20.2 Å². The van der Waals surface area contributed by atoms with Gasteiger partial charge in [-0.05, 0) is 87.7 Å². The van der Waals surface area contributed by atoms with Crippen LogP contribution < -0.4 is 10.2 Å². The van der Waals surface area contributed by atoms with Crippen LogP contribution in [0, 0.1) is 31.6 Å². The van der Waals surface area contributed by atoms with Gasteiger partial charge < -0.3 is 15.1 Å². The second-order valence-corrected chi connectivity index (χ2v) is 13.7. The van der Waals surface area contributed by atoms with E-state index in [4.69, 9.17) is 9.97 Å². The summed E-state index contributed by atoms with van der Waals surface area (Å²) in [6, 6.07) is 10.8. The van der Waals surface area contributed by atoms with Gasteiger partial charge in [0.1, 0.15) is 16.5 Å². The van der Waals surface area contributed by atoms with Crippen LogP contribution in [0.25, 0.3) is 10.2 Å². The summed E-state index contributed by atoms with van der Waals surface area (Å²) in [7, 11) is 0. The Hall–Kier alpha value is -2.67. The number of anilines is 1. The summed E-state index contributed by atoms with van der Waals surface area (Å²) in [5.41, 5.74) is 2.67. The van der Waals surface area contributed by atoms with E-state index in [1.807, 2.05) is 0 Å². The van der Waals surface area contributed by atoms with Gasteiger partial charge >= 0.3 is 6.03 Å². The van der Waals surface area contributed by atoms with Crippen molar-refractivity contribution >= 4 is 33.4 Å². The highest BCUT2D eigenvalue weighted by atomic mass is 32.1. The summed E-state index contributed by atoms with van der Waals surface area (Å²) < 4.78 is 0. The molecule has 1 aromatic carbocycles. The monoisotopic (exact) mass is 529 g/mol. The Bertz CT molecular complexity index is 1310. The van der Waals surface area contributed by atoms with Crippen LogP contribution >= 0.6 is 11.3 Å². The molecule has 5 fully saturated rings. The van der Waals surface area contributed by atoms with E-state index in [-0.39, 0.29) is 11.6 Å². The lowest BCUT2D eigenvalue weighted by Crippen LogP contribution is -2.63. The van der Waals surface area contributed by atoms with Gasteiger partial charge in [0.2, 0.25) is 0 Å². The molecule has 3 aromatic rings. The SMILES string of the molecule is Cc1sc2nc(CCc3ccccc3)nc(N3CCN(C(=O)NC45CC6CC(CC(C6)C4)C5)CC3)c2c1C. The second kappa shape index (κ2) is 9.51. The van der Waals surface area contributed by atoms with Gasteiger partial charge in [0, 0.05) is 43.0 Å². The van der Waals surface area contributed by atoms with Gasteiger partial charge in [0.05, 0.1) is 5.39 Å². The maximum absolute atomic E-state index is 13.4. The van der Waals surface area contributed by atoms with E-state index in [2.05, 4.69) is 59.3 Å². The number of hydrogen-bond donors (Lipinski definition) is 1. The molecule has 4 bridgehead atoms. The van der Waals surface area contributed by atoms with Gasteiger partial charge in [0.15, 0.2) is 0 Å². The minimum Gasteiger partial charge on any atom is -0.352 e. The molecule has 200 valence electrons. The van der Waals surface area contributed by atoms with Crippen LogP contribution in [0.1, 0.15) is 60.4 Å². The Morgan fingerprint density at radius 1 is 0.947 bits per heavy atom. The van der Waals surface area contributed by atoms with Gasteiger partial charge in [-0.15, -0.1) is 11.3 Å². The highest BCUT2D eigenvalue weighted by Crippen LogP contribution is 2.55. The third-order valence-corrected chi connectivity index (χ3v) is 10.9. The average Bonchev–Trinajstić information content (AvgIpc) is 3.19. The van der Waals surface area contributed by atoms with Crippen LogP contribution in [0.15, 0.2) is 30.3 Å². The maximum atomic E-state index is 13.4. The molecule has 8 rings (SSSR count). The molecule has 3 heterocycles. The summed E-state index contributed by atoms with van der Waals surface area (Å²) in [5.74, 6) is 4.49. The number of hydrogen-bond acceptors (Lipinski definition) is 5. The van der Waals surface area contributed by atoms with E-state index in [0.717, 1.165) is 73.2 Å². The predicted molar refractivity (Wildman–Crippen MR) is 154 cm³/mol. The first-order valence-corrected chi connectivity index (χ1v) is 15.4. The molecule has 7 heteroatoms. The fraction of sp³-hybridized carbons (Fsp3) is 0.581. The predicted octanol–water partition coefficient (Wildman–Crippen LogP) is 5.89. The number of nitrogens with zero attached hydrogens (tertiary/aromatic N) is 4. The van der Waals surface area contributed by atoms with Crippen LogP contribution in [0.5, 0.6) is 0 Å². The molecule has 6 nitrogen and oxygen atoms in total. The first kappa shape index (κ1) is 24.4. The normalized spacial score (nSPS) is 28.3. The number of urea groups is 1. The molecule has 2 amide bonds. The van der Waals surface area contributed by atoms with Gasteiger partial charge in [-0.2, -0.15) is 0 Å². The number of fused-ring (bicyclic) bond motifs is 1. The highest BCUT2D eigenvalue weighted by molar-refractivity contribution is 7.18. The van der Waals surface area contributed by atoms with Crippen LogP contribution in [-0.4, -0.2) is 52.6 Å². The van der Waals surface area contributed by atoms with E-state index in [9.17, 15) is 4.79 Å². The molecule has 0 unspecified atom stereocenters. The largest absolute Gasteiger partial charge is 0.352 e. The number of aryl methyl sites for hydroxylation is 4. The smallest absolute Gasteiger partial charge is 0.317 e. The Kier molecular flexibility index (Phi) is 6.10. The zero-order valence-electron chi connectivity index (χ0n) is 22.7. The summed E-state index contributed by atoms with van der Waals surface area (Å²) in [4.78, 5) is 30.4. The van der Waals surface area contributed by atoms with E-state index in [0.29, 0.717) is 0 Å². The van der Waals surface area contributed by atoms with E-state index in [1.54, 1.807) is 11.3 Å². The zero-order chi connectivity index (χ0) is 25.9. The minimum atomic E-state index is 0.0702. The van der Waals surface area contributed by atoms with Crippen molar-refractivity contribution < 1.29 is 4.79 Å². The van der Waals surface area contributed by atoms with Gasteiger partial charge in [-0.25, -0.2) is 14.8 Å². The van der Waals surface area contributed by atoms with Crippen molar-refractivity contribution in [2.75, 3.05) is 31.1 Å². The van der Waals surface area contributed by atoms with E-state index >= 15 is 0 Å². The molecular weight excluding hydrogens is 490 g/mol. The molecule has 0 spiro atoms. The Morgan fingerprint density at radius 2 is 1.61 bits per heavy atom. The molecule has 4 saturated carbocycles. The molecule has 38 heavy (non-hydrogen) atoms. The van der Waals surface area contributed by atoms with Crippen LogP contribution in [0.4, 0.5) is 10.6 Å². The van der Waals surface area contributed by atoms with Crippen molar-refractivity contribution in [2.24, 2.45) is 17.8 Å². The summed E-state index contributed by atoms with van der Waals surface area (Å²) in [5, 5.41) is 4.77. The number of aromatic nitrogens is 2. The number of nitrogens with one attached hydrogen (secondary N) is 1. The van der Waals surface area contributed by atoms with Gasteiger partial charge in [-0.3, -0.25) is 0 Å². The Labute approximate surface area is 229 Å². The second-order valence-electron chi connectivity index (χ2n) is 12.5. The zero-order valence-corrected chi connectivity index (χ0v) is 23.5.